The van der Waals surface area contributed by atoms with Gasteiger partial charge in [0, 0.05) is 18.3 Å². The first kappa shape index (κ1) is 11.7. The quantitative estimate of drug-likeness (QED) is 0.657. The second-order valence-electron chi connectivity index (χ2n) is 3.56. The van der Waals surface area contributed by atoms with E-state index in [0.29, 0.717) is 16.7 Å². The topological polar surface area (TPSA) is 48.1 Å². The molecule has 3 nitrogen and oxygen atoms in total. The molecule has 0 aliphatic carbocycles. The summed E-state index contributed by atoms with van der Waals surface area (Å²) >= 11 is 5.72. The van der Waals surface area contributed by atoms with Crippen molar-refractivity contribution in [1.29, 1.82) is 0 Å². The number of nitrogens with zero attached hydrogens (tertiary/aromatic N) is 1. The van der Waals surface area contributed by atoms with Crippen molar-refractivity contribution in [1.82, 2.24) is 4.98 Å². The number of halogens is 2. The zero-order valence-corrected chi connectivity index (χ0v) is 9.83. The van der Waals surface area contributed by atoms with Crippen molar-refractivity contribution >= 4 is 17.3 Å². The predicted octanol–water partition coefficient (Wildman–Crippen LogP) is 3.56. The third-order valence-electron chi connectivity index (χ3n) is 2.22. The summed E-state index contributed by atoms with van der Waals surface area (Å²) < 4.78 is 18.8. The Balaban J connectivity index is 2.33. The lowest BCUT2D eigenvalue weighted by molar-refractivity contribution is 0.473. The average molecular weight is 253 g/mol. The Hall–Kier alpha value is -1.81. The number of rotatable bonds is 2. The van der Waals surface area contributed by atoms with Crippen molar-refractivity contribution in [2.75, 3.05) is 5.73 Å². The summed E-state index contributed by atoms with van der Waals surface area (Å²) in [6.07, 6.45) is 1.51. The van der Waals surface area contributed by atoms with Crippen molar-refractivity contribution in [3.63, 3.8) is 0 Å². The SMILES string of the molecule is Cc1cc(N)c(F)cc1Oc1ccnc(Cl)c1. The van der Waals surface area contributed by atoms with Gasteiger partial charge in [-0.15, -0.1) is 0 Å². The van der Waals surface area contributed by atoms with Gasteiger partial charge < -0.3 is 10.5 Å². The highest BCUT2D eigenvalue weighted by Gasteiger charge is 2.07. The van der Waals surface area contributed by atoms with E-state index in [2.05, 4.69) is 4.98 Å². The minimum atomic E-state index is -0.509. The molecule has 17 heavy (non-hydrogen) atoms. The molecule has 0 aliphatic heterocycles. The average Bonchev–Trinajstić information content (AvgIpc) is 2.26. The second-order valence-corrected chi connectivity index (χ2v) is 3.94. The van der Waals surface area contributed by atoms with Crippen LogP contribution in [0, 0.1) is 12.7 Å². The van der Waals surface area contributed by atoms with E-state index in [9.17, 15) is 4.39 Å². The van der Waals surface area contributed by atoms with Crippen LogP contribution in [0.5, 0.6) is 11.5 Å². The van der Waals surface area contributed by atoms with Crippen molar-refractivity contribution in [2.45, 2.75) is 6.92 Å². The number of nitrogen functional groups attached to an aromatic ring is 1. The van der Waals surface area contributed by atoms with Gasteiger partial charge in [0.15, 0.2) is 0 Å². The van der Waals surface area contributed by atoms with E-state index in [0.717, 1.165) is 5.56 Å². The third kappa shape index (κ3) is 2.65. The highest BCUT2D eigenvalue weighted by atomic mass is 35.5. The van der Waals surface area contributed by atoms with Crippen LogP contribution in [0.15, 0.2) is 30.5 Å². The van der Waals surface area contributed by atoms with Gasteiger partial charge in [0.25, 0.3) is 0 Å². The van der Waals surface area contributed by atoms with Crippen LogP contribution in [0.2, 0.25) is 5.15 Å². The van der Waals surface area contributed by atoms with Crippen molar-refractivity contribution in [2.24, 2.45) is 0 Å². The molecule has 0 atom stereocenters. The first-order valence-electron chi connectivity index (χ1n) is 4.91. The smallest absolute Gasteiger partial charge is 0.149 e. The lowest BCUT2D eigenvalue weighted by Gasteiger charge is -2.09. The molecule has 0 bridgehead atoms. The van der Waals surface area contributed by atoms with Crippen molar-refractivity contribution in [3.05, 3.63) is 47.0 Å². The molecular weight excluding hydrogens is 243 g/mol. The molecule has 2 N–H and O–H groups in total. The number of pyridine rings is 1. The fraction of sp³-hybridized carbons (Fsp3) is 0.0833. The highest BCUT2D eigenvalue weighted by molar-refractivity contribution is 6.29. The van der Waals surface area contributed by atoms with Gasteiger partial charge in [-0.25, -0.2) is 9.37 Å². The van der Waals surface area contributed by atoms with E-state index in [1.807, 2.05) is 0 Å². The normalized spacial score (nSPS) is 10.3. The Labute approximate surface area is 103 Å². The van der Waals surface area contributed by atoms with Crippen molar-refractivity contribution < 1.29 is 9.13 Å². The van der Waals surface area contributed by atoms with Crippen LogP contribution < -0.4 is 10.5 Å². The Morgan fingerprint density at radius 2 is 2.12 bits per heavy atom. The number of hydrogen-bond acceptors (Lipinski definition) is 3. The molecule has 0 unspecified atom stereocenters. The van der Waals surface area contributed by atoms with E-state index in [4.69, 9.17) is 22.1 Å². The highest BCUT2D eigenvalue weighted by Crippen LogP contribution is 2.29. The van der Waals surface area contributed by atoms with E-state index in [1.165, 1.54) is 18.3 Å². The fourth-order valence-electron chi connectivity index (χ4n) is 1.37. The number of nitrogens with two attached hydrogens (primary N) is 1. The molecule has 0 amide bonds. The molecule has 2 rings (SSSR count). The summed E-state index contributed by atoms with van der Waals surface area (Å²) in [5.41, 5.74) is 6.29. The molecule has 0 saturated carbocycles. The fourth-order valence-corrected chi connectivity index (χ4v) is 1.53. The van der Waals surface area contributed by atoms with Gasteiger partial charge in [0.05, 0.1) is 5.69 Å². The number of anilines is 1. The number of benzene rings is 1. The largest absolute Gasteiger partial charge is 0.457 e. The molecule has 5 heteroatoms. The number of aryl methyl sites for hydroxylation is 1. The molecule has 0 radical (unpaired) electrons. The van der Waals surface area contributed by atoms with Crippen LogP contribution in [-0.2, 0) is 0 Å². The second kappa shape index (κ2) is 4.59. The first-order chi connectivity index (χ1) is 8.06. The van der Waals surface area contributed by atoms with Crippen LogP contribution in [0.4, 0.5) is 10.1 Å². The molecule has 1 heterocycles. The molecule has 0 spiro atoms. The molecule has 88 valence electrons. The lowest BCUT2D eigenvalue weighted by Crippen LogP contribution is -1.95. The van der Waals surface area contributed by atoms with Gasteiger partial charge in [-0.05, 0) is 24.6 Å². The van der Waals surface area contributed by atoms with E-state index >= 15 is 0 Å². The van der Waals surface area contributed by atoms with Gasteiger partial charge in [0.2, 0.25) is 0 Å². The zero-order valence-electron chi connectivity index (χ0n) is 9.08. The van der Waals surface area contributed by atoms with Crippen LogP contribution in [0.1, 0.15) is 5.56 Å². The zero-order chi connectivity index (χ0) is 12.4. The maximum atomic E-state index is 13.3. The molecule has 0 saturated heterocycles. The minimum absolute atomic E-state index is 0.0996. The third-order valence-corrected chi connectivity index (χ3v) is 2.43. The molecule has 0 fully saturated rings. The van der Waals surface area contributed by atoms with Gasteiger partial charge in [-0.2, -0.15) is 0 Å². The number of ether oxygens (including phenoxy) is 1. The van der Waals surface area contributed by atoms with Crippen LogP contribution in [0.3, 0.4) is 0 Å². The van der Waals surface area contributed by atoms with Crippen LogP contribution in [0.25, 0.3) is 0 Å². The molecular formula is C12H10ClFN2O. The summed E-state index contributed by atoms with van der Waals surface area (Å²) in [6, 6.07) is 5.96. The standard InChI is InChI=1S/C12H10ClFN2O/c1-7-4-10(15)9(14)6-11(7)17-8-2-3-16-12(13)5-8/h2-6H,15H2,1H3. The van der Waals surface area contributed by atoms with E-state index in [1.54, 1.807) is 19.1 Å². The minimum Gasteiger partial charge on any atom is -0.457 e. The summed E-state index contributed by atoms with van der Waals surface area (Å²) in [5.74, 6) is 0.391. The summed E-state index contributed by atoms with van der Waals surface area (Å²) in [6.45, 7) is 1.79. The Morgan fingerprint density at radius 1 is 1.35 bits per heavy atom. The maximum absolute atomic E-state index is 13.3. The van der Waals surface area contributed by atoms with Gasteiger partial charge in [0.1, 0.15) is 22.5 Å². The Bertz CT molecular complexity index is 560. The molecule has 2 aromatic rings. The summed E-state index contributed by atoms with van der Waals surface area (Å²) in [5, 5.41) is 0.316. The van der Waals surface area contributed by atoms with E-state index < -0.39 is 5.82 Å². The lowest BCUT2D eigenvalue weighted by atomic mass is 10.2. The Kier molecular flexibility index (Phi) is 3.15. The van der Waals surface area contributed by atoms with Crippen LogP contribution in [-0.4, -0.2) is 4.98 Å². The number of aromatic nitrogens is 1. The van der Waals surface area contributed by atoms with Crippen LogP contribution >= 0.6 is 11.6 Å². The molecule has 1 aromatic heterocycles. The van der Waals surface area contributed by atoms with E-state index in [-0.39, 0.29) is 5.69 Å². The predicted molar refractivity (Wildman–Crippen MR) is 64.9 cm³/mol. The maximum Gasteiger partial charge on any atom is 0.149 e. The van der Waals surface area contributed by atoms with Gasteiger partial charge in [-0.1, -0.05) is 11.6 Å². The molecule has 0 aliphatic rings. The monoisotopic (exact) mass is 252 g/mol. The first-order valence-corrected chi connectivity index (χ1v) is 5.29. The summed E-state index contributed by atoms with van der Waals surface area (Å²) in [4.78, 5) is 3.83. The van der Waals surface area contributed by atoms with Gasteiger partial charge >= 0.3 is 0 Å². The molecule has 1 aromatic carbocycles. The Morgan fingerprint density at radius 3 is 2.82 bits per heavy atom. The number of hydrogen-bond donors (Lipinski definition) is 1. The van der Waals surface area contributed by atoms with Gasteiger partial charge in [-0.3, -0.25) is 0 Å². The summed E-state index contributed by atoms with van der Waals surface area (Å²) in [7, 11) is 0. The van der Waals surface area contributed by atoms with Crippen molar-refractivity contribution in [3.8, 4) is 11.5 Å².